The third-order valence-corrected chi connectivity index (χ3v) is 6.25. The number of hydrogen-bond donors (Lipinski definition) is 0. The van der Waals surface area contributed by atoms with Crippen molar-refractivity contribution in [1.29, 1.82) is 0 Å². The van der Waals surface area contributed by atoms with Gasteiger partial charge in [0.05, 0.1) is 19.8 Å². The van der Waals surface area contributed by atoms with E-state index in [1.54, 1.807) is 4.90 Å². The number of nitrogens with zero attached hydrogens (tertiary/aromatic N) is 2. The summed E-state index contributed by atoms with van der Waals surface area (Å²) in [6.07, 6.45) is 3.94. The first-order valence-corrected chi connectivity index (χ1v) is 8.89. The lowest BCUT2D eigenvalue weighted by Gasteiger charge is -2.51. The van der Waals surface area contributed by atoms with Crippen molar-refractivity contribution in [2.45, 2.75) is 51.1 Å². The van der Waals surface area contributed by atoms with E-state index < -0.39 is 23.6 Å². The summed E-state index contributed by atoms with van der Waals surface area (Å²) in [5.74, 6) is -2.45. The number of aromatic nitrogens is 1. The monoisotopic (exact) mass is 374 g/mol. The first kappa shape index (κ1) is 16.5. The molecule has 0 N–H and O–H groups in total. The predicted molar refractivity (Wildman–Crippen MR) is 88.3 cm³/mol. The van der Waals surface area contributed by atoms with E-state index in [0.29, 0.717) is 0 Å². The Morgan fingerprint density at radius 3 is 2.74 bits per heavy atom. The minimum absolute atomic E-state index is 0.0904. The van der Waals surface area contributed by atoms with Gasteiger partial charge in [-0.3, -0.25) is 14.4 Å². The highest BCUT2D eigenvalue weighted by molar-refractivity contribution is 6.00. The normalized spacial score (nSPS) is 32.3. The Morgan fingerprint density at radius 2 is 2.11 bits per heavy atom. The van der Waals surface area contributed by atoms with Crippen LogP contribution in [0, 0.1) is 5.41 Å². The fraction of sp³-hybridized carbons (Fsp3) is 0.556. The number of hydrogen-bond acceptors (Lipinski definition) is 7. The van der Waals surface area contributed by atoms with Crippen LogP contribution in [-0.4, -0.2) is 52.8 Å². The lowest BCUT2D eigenvalue weighted by atomic mass is 9.76. The molecule has 2 saturated carbocycles. The molecule has 27 heavy (non-hydrogen) atoms. The minimum atomic E-state index is -1.07. The fourth-order valence-electron chi connectivity index (χ4n) is 4.80. The summed E-state index contributed by atoms with van der Waals surface area (Å²) in [5, 5.41) is 0. The van der Waals surface area contributed by atoms with Gasteiger partial charge in [0, 0.05) is 24.6 Å². The van der Waals surface area contributed by atoms with Gasteiger partial charge in [-0.15, -0.1) is 0 Å². The van der Waals surface area contributed by atoms with Crippen LogP contribution in [0.5, 0.6) is 5.75 Å². The maximum Gasteiger partial charge on any atom is 0.351 e. The second-order valence-corrected chi connectivity index (χ2v) is 7.57. The van der Waals surface area contributed by atoms with Crippen LogP contribution in [0.1, 0.15) is 47.0 Å². The molecule has 1 amide bonds. The number of pyridine rings is 1. The zero-order valence-corrected chi connectivity index (χ0v) is 14.9. The van der Waals surface area contributed by atoms with Crippen LogP contribution >= 0.6 is 0 Å². The average molecular weight is 374 g/mol. The van der Waals surface area contributed by atoms with Crippen LogP contribution < -0.4 is 10.2 Å². The van der Waals surface area contributed by atoms with Crippen molar-refractivity contribution in [3.05, 3.63) is 27.7 Å². The van der Waals surface area contributed by atoms with E-state index >= 15 is 0 Å². The summed E-state index contributed by atoms with van der Waals surface area (Å²) in [6, 6.07) is 0.137. The number of carbonyl (C=O) groups is 3. The number of ether oxygens (including phenoxy) is 3. The van der Waals surface area contributed by atoms with Crippen LogP contribution in [0.4, 0.5) is 0 Å². The van der Waals surface area contributed by atoms with Gasteiger partial charge in [0.25, 0.3) is 5.91 Å². The number of carbonyl (C=O) groups excluding carboxylic acids is 3. The molecule has 0 bridgehead atoms. The lowest BCUT2D eigenvalue weighted by molar-refractivity contribution is -0.196. The van der Waals surface area contributed by atoms with Gasteiger partial charge in [0.2, 0.25) is 5.43 Å². The highest BCUT2D eigenvalue weighted by Crippen LogP contribution is 2.67. The number of esters is 2. The summed E-state index contributed by atoms with van der Waals surface area (Å²) >= 11 is 0. The van der Waals surface area contributed by atoms with Gasteiger partial charge in [-0.05, 0) is 19.3 Å². The van der Waals surface area contributed by atoms with E-state index in [1.165, 1.54) is 17.9 Å². The molecule has 2 unspecified atom stereocenters. The topological polar surface area (TPSA) is 104 Å². The number of rotatable bonds is 2. The van der Waals surface area contributed by atoms with E-state index in [1.807, 2.05) is 0 Å². The maximum absolute atomic E-state index is 13.2. The van der Waals surface area contributed by atoms with Crippen molar-refractivity contribution in [2.75, 3.05) is 7.11 Å². The fourth-order valence-corrected chi connectivity index (χ4v) is 4.80. The quantitative estimate of drug-likeness (QED) is 0.541. The summed E-state index contributed by atoms with van der Waals surface area (Å²) in [5.41, 5.74) is -0.937. The highest BCUT2D eigenvalue weighted by Gasteiger charge is 2.72. The predicted octanol–water partition coefficient (Wildman–Crippen LogP) is 0.293. The summed E-state index contributed by atoms with van der Waals surface area (Å²) in [6.45, 7) is 1.35. The van der Waals surface area contributed by atoms with Crippen molar-refractivity contribution in [1.82, 2.24) is 9.47 Å². The Balaban J connectivity index is 1.60. The van der Waals surface area contributed by atoms with E-state index in [4.69, 9.17) is 9.47 Å². The van der Waals surface area contributed by atoms with E-state index in [-0.39, 0.29) is 47.0 Å². The van der Waals surface area contributed by atoms with Gasteiger partial charge in [0.1, 0.15) is 5.56 Å². The van der Waals surface area contributed by atoms with Crippen molar-refractivity contribution in [3.63, 3.8) is 0 Å². The van der Waals surface area contributed by atoms with Gasteiger partial charge in [-0.1, -0.05) is 0 Å². The maximum atomic E-state index is 13.2. The van der Waals surface area contributed by atoms with Gasteiger partial charge in [-0.2, -0.15) is 0 Å². The van der Waals surface area contributed by atoms with Crippen LogP contribution in [0.3, 0.4) is 0 Å². The molecular weight excluding hydrogens is 356 g/mol. The van der Waals surface area contributed by atoms with E-state index in [2.05, 4.69) is 4.74 Å². The SMILES string of the molecule is COc1c2n(cc(C(=O)OC(C)=O)c1=O)CC1O[C@@H]3CCC34C[C@H]4N1C2=O. The molecule has 1 aromatic rings. The third kappa shape index (κ3) is 2.03. The van der Waals surface area contributed by atoms with E-state index in [0.717, 1.165) is 26.2 Å². The van der Waals surface area contributed by atoms with Gasteiger partial charge >= 0.3 is 11.9 Å². The molecule has 3 heterocycles. The molecule has 1 aromatic heterocycles. The van der Waals surface area contributed by atoms with Crippen LogP contribution in [0.15, 0.2) is 11.0 Å². The molecule has 1 spiro atoms. The molecule has 4 aliphatic rings. The lowest BCUT2D eigenvalue weighted by Crippen LogP contribution is -2.61. The molecule has 4 atom stereocenters. The number of amides is 1. The summed E-state index contributed by atoms with van der Waals surface area (Å²) in [7, 11) is 1.27. The molecule has 3 fully saturated rings. The van der Waals surface area contributed by atoms with Gasteiger partial charge in [0.15, 0.2) is 17.7 Å². The van der Waals surface area contributed by atoms with Gasteiger partial charge in [-0.25, -0.2) is 4.79 Å². The van der Waals surface area contributed by atoms with Gasteiger partial charge < -0.3 is 23.7 Å². The number of methoxy groups -OCH3 is 1. The zero-order chi connectivity index (χ0) is 19.1. The molecule has 2 aliphatic carbocycles. The summed E-state index contributed by atoms with van der Waals surface area (Å²) < 4.78 is 17.3. The van der Waals surface area contributed by atoms with Crippen molar-refractivity contribution in [3.8, 4) is 5.75 Å². The van der Waals surface area contributed by atoms with Crippen molar-refractivity contribution < 1.29 is 28.6 Å². The molecule has 1 saturated heterocycles. The van der Waals surface area contributed by atoms with Crippen LogP contribution in [0.25, 0.3) is 0 Å². The average Bonchev–Trinajstić information content (AvgIpc) is 3.36. The minimum Gasteiger partial charge on any atom is -0.491 e. The summed E-state index contributed by atoms with van der Waals surface area (Å²) in [4.78, 5) is 50.8. The third-order valence-electron chi connectivity index (χ3n) is 6.25. The largest absolute Gasteiger partial charge is 0.491 e. The van der Waals surface area contributed by atoms with Crippen LogP contribution in [-0.2, 0) is 20.8 Å². The molecule has 5 rings (SSSR count). The van der Waals surface area contributed by atoms with E-state index in [9.17, 15) is 19.2 Å². The molecule has 9 heteroatoms. The first-order valence-electron chi connectivity index (χ1n) is 8.89. The molecule has 0 aromatic carbocycles. The first-order chi connectivity index (χ1) is 12.9. The Bertz CT molecular complexity index is 967. The molecular formula is C18H18N2O7. The Hall–Kier alpha value is -2.68. The van der Waals surface area contributed by atoms with Crippen molar-refractivity contribution >= 4 is 17.8 Å². The Labute approximate surface area is 153 Å². The second-order valence-electron chi connectivity index (χ2n) is 7.57. The smallest absolute Gasteiger partial charge is 0.351 e. The molecule has 0 radical (unpaired) electrons. The standard InChI is InChI=1S/C18H18N2O7/c1-8(21)26-17(24)9-6-19-7-12-20(10-5-18(10)4-3-11(18)27-12)16(23)13(19)15(25-2)14(9)22/h6,10-12H,3-5,7H2,1-2H3/t10-,11-,12?,18?/m1/s1. The highest BCUT2D eigenvalue weighted by atomic mass is 16.6. The molecule has 2 aliphatic heterocycles. The molecule has 142 valence electrons. The number of fused-ring (bicyclic) bond motifs is 3. The Morgan fingerprint density at radius 1 is 1.33 bits per heavy atom. The molecule has 9 nitrogen and oxygen atoms in total. The second kappa shape index (κ2) is 5.19. The van der Waals surface area contributed by atoms with Crippen molar-refractivity contribution in [2.24, 2.45) is 5.41 Å². The Kier molecular flexibility index (Phi) is 3.17. The zero-order valence-electron chi connectivity index (χ0n) is 14.9. The van der Waals surface area contributed by atoms with Crippen LogP contribution in [0.2, 0.25) is 0 Å².